The first kappa shape index (κ1) is 6.08. The third-order valence-electron chi connectivity index (χ3n) is 1.49. The van der Waals surface area contributed by atoms with Crippen molar-refractivity contribution >= 4 is 9.73 Å². The maximum absolute atomic E-state index is 11.0. The summed E-state index contributed by atoms with van der Waals surface area (Å²) < 4.78 is 18.2. The minimum absolute atomic E-state index is 0.257. The van der Waals surface area contributed by atoms with Crippen molar-refractivity contribution in [3.63, 3.8) is 0 Å². The highest BCUT2D eigenvalue weighted by Crippen LogP contribution is 2.28. The number of nitrogens with one attached hydrogen (secondary N) is 1. The number of hydrogen-bond donors (Lipinski definition) is 1. The highest BCUT2D eigenvalue weighted by molar-refractivity contribution is 7.93. The Morgan fingerprint density at radius 2 is 2.25 bits per heavy atom. The monoisotopic (exact) mass is 133 g/mol. The fraction of sp³-hybridized carbons (Fsp3) is 1.00. The van der Waals surface area contributed by atoms with Crippen LogP contribution in [0.1, 0.15) is 19.8 Å². The third kappa shape index (κ3) is 1.02. The van der Waals surface area contributed by atoms with Gasteiger partial charge in [0.05, 0.1) is 0 Å². The first-order valence-corrected chi connectivity index (χ1v) is 4.71. The second-order valence-electron chi connectivity index (χ2n) is 2.21. The van der Waals surface area contributed by atoms with Crippen molar-refractivity contribution in [1.82, 2.24) is 0 Å². The smallest absolute Gasteiger partial charge is 0.0467 e. The lowest BCUT2D eigenvalue weighted by atomic mass is 11.0. The van der Waals surface area contributed by atoms with Gasteiger partial charge in [0.2, 0.25) is 0 Å². The molecule has 0 aromatic rings. The standard InChI is InChI=1S/C5H11NOS/c1-2-8(6,7)5-3-4-5/h5-6H,2-4H2,1H3/t8-/m0/s1. The van der Waals surface area contributed by atoms with E-state index in [2.05, 4.69) is 0 Å². The van der Waals surface area contributed by atoms with Crippen LogP contribution in [0.5, 0.6) is 0 Å². The Balaban J connectivity index is 2.65. The van der Waals surface area contributed by atoms with Crippen LogP contribution in [0, 0.1) is 4.78 Å². The summed E-state index contributed by atoms with van der Waals surface area (Å²) in [5.41, 5.74) is 0. The molecule has 1 saturated carbocycles. The lowest BCUT2D eigenvalue weighted by Gasteiger charge is -1.97. The van der Waals surface area contributed by atoms with Crippen LogP contribution in [-0.4, -0.2) is 15.2 Å². The van der Waals surface area contributed by atoms with Gasteiger partial charge in [0.1, 0.15) is 0 Å². The van der Waals surface area contributed by atoms with Crippen LogP contribution in [0.15, 0.2) is 0 Å². The molecule has 1 N–H and O–H groups in total. The molecular weight excluding hydrogens is 122 g/mol. The zero-order chi connectivity index (χ0) is 6.20. The second-order valence-corrected chi connectivity index (χ2v) is 4.91. The summed E-state index contributed by atoms with van der Waals surface area (Å²) in [6, 6.07) is 0. The lowest BCUT2D eigenvalue weighted by Crippen LogP contribution is -2.06. The normalized spacial score (nSPS) is 27.1. The van der Waals surface area contributed by atoms with Crippen LogP contribution < -0.4 is 0 Å². The molecule has 1 rings (SSSR count). The van der Waals surface area contributed by atoms with Gasteiger partial charge in [-0.15, -0.1) is 0 Å². The molecule has 0 spiro atoms. The van der Waals surface area contributed by atoms with Crippen molar-refractivity contribution < 1.29 is 4.21 Å². The summed E-state index contributed by atoms with van der Waals surface area (Å²) in [4.78, 5) is 0. The fourth-order valence-corrected chi connectivity index (χ4v) is 2.05. The van der Waals surface area contributed by atoms with Gasteiger partial charge in [0.15, 0.2) is 0 Å². The van der Waals surface area contributed by atoms with Crippen molar-refractivity contribution in [3.8, 4) is 0 Å². The summed E-state index contributed by atoms with van der Waals surface area (Å²) in [6.07, 6.45) is 2.05. The van der Waals surface area contributed by atoms with E-state index in [0.29, 0.717) is 5.75 Å². The average molecular weight is 133 g/mol. The van der Waals surface area contributed by atoms with E-state index in [0.717, 1.165) is 12.8 Å². The molecule has 0 bridgehead atoms. The van der Waals surface area contributed by atoms with E-state index in [-0.39, 0.29) is 5.25 Å². The van der Waals surface area contributed by atoms with E-state index in [9.17, 15) is 4.21 Å². The van der Waals surface area contributed by atoms with Crippen molar-refractivity contribution in [2.45, 2.75) is 25.0 Å². The molecule has 0 aliphatic heterocycles. The molecule has 1 atom stereocenters. The van der Waals surface area contributed by atoms with Crippen molar-refractivity contribution in [1.29, 1.82) is 4.78 Å². The van der Waals surface area contributed by atoms with E-state index < -0.39 is 9.73 Å². The maximum atomic E-state index is 11.0. The molecule has 0 heterocycles. The molecule has 48 valence electrons. The van der Waals surface area contributed by atoms with Gasteiger partial charge in [-0.3, -0.25) is 4.78 Å². The SMILES string of the molecule is CC[S@](=N)(=O)C1CC1. The number of hydrogen-bond acceptors (Lipinski definition) is 2. The largest absolute Gasteiger partial charge is 0.253 e. The molecule has 1 fully saturated rings. The Morgan fingerprint density at radius 1 is 1.75 bits per heavy atom. The molecule has 0 unspecified atom stereocenters. The van der Waals surface area contributed by atoms with Crippen LogP contribution in [0.2, 0.25) is 0 Å². The van der Waals surface area contributed by atoms with Crippen LogP contribution in [0.4, 0.5) is 0 Å². The van der Waals surface area contributed by atoms with Gasteiger partial charge in [-0.1, -0.05) is 6.92 Å². The second kappa shape index (κ2) is 1.72. The molecule has 0 radical (unpaired) electrons. The van der Waals surface area contributed by atoms with E-state index in [1.165, 1.54) is 0 Å². The molecule has 0 aromatic carbocycles. The Kier molecular flexibility index (Phi) is 1.31. The Labute approximate surface area is 50.3 Å². The molecule has 0 amide bonds. The third-order valence-corrected chi connectivity index (χ3v) is 3.90. The van der Waals surface area contributed by atoms with Gasteiger partial charge in [-0.25, -0.2) is 4.21 Å². The highest BCUT2D eigenvalue weighted by Gasteiger charge is 2.30. The maximum Gasteiger partial charge on any atom is 0.0467 e. The zero-order valence-electron chi connectivity index (χ0n) is 5.02. The Morgan fingerprint density at radius 3 is 2.38 bits per heavy atom. The summed E-state index contributed by atoms with van der Waals surface area (Å²) in [6.45, 7) is 1.83. The van der Waals surface area contributed by atoms with Gasteiger partial charge in [-0.05, 0) is 12.8 Å². The van der Waals surface area contributed by atoms with Crippen molar-refractivity contribution in [2.75, 3.05) is 5.75 Å². The minimum Gasteiger partial charge on any atom is -0.253 e. The quantitative estimate of drug-likeness (QED) is 0.604. The molecule has 0 aromatic heterocycles. The summed E-state index contributed by atoms with van der Waals surface area (Å²) >= 11 is 0. The van der Waals surface area contributed by atoms with Gasteiger partial charge < -0.3 is 0 Å². The first-order chi connectivity index (χ1) is 3.67. The van der Waals surface area contributed by atoms with Crippen LogP contribution >= 0.6 is 0 Å². The van der Waals surface area contributed by atoms with Gasteiger partial charge in [-0.2, -0.15) is 0 Å². The average Bonchev–Trinajstić information content (AvgIpc) is 2.44. The Bertz CT molecular complexity index is 167. The summed E-state index contributed by atoms with van der Waals surface area (Å²) in [5.74, 6) is 0.539. The fourth-order valence-electron chi connectivity index (χ4n) is 0.684. The van der Waals surface area contributed by atoms with Gasteiger partial charge in [0.25, 0.3) is 0 Å². The summed E-state index contributed by atoms with van der Waals surface area (Å²) in [5, 5.41) is 0.257. The topological polar surface area (TPSA) is 40.9 Å². The molecular formula is C5H11NOS. The van der Waals surface area contributed by atoms with Crippen molar-refractivity contribution in [2.24, 2.45) is 0 Å². The lowest BCUT2D eigenvalue weighted by molar-refractivity contribution is 0.674. The molecule has 1 aliphatic carbocycles. The number of rotatable bonds is 2. The van der Waals surface area contributed by atoms with E-state index in [4.69, 9.17) is 4.78 Å². The molecule has 1 aliphatic rings. The van der Waals surface area contributed by atoms with E-state index in [1.54, 1.807) is 0 Å². The van der Waals surface area contributed by atoms with Crippen molar-refractivity contribution in [3.05, 3.63) is 0 Å². The van der Waals surface area contributed by atoms with Gasteiger partial charge >= 0.3 is 0 Å². The Hall–Kier alpha value is -0.0500. The highest BCUT2D eigenvalue weighted by atomic mass is 32.2. The first-order valence-electron chi connectivity index (χ1n) is 2.92. The molecule has 3 heteroatoms. The predicted octanol–water partition coefficient (Wildman–Crippen LogP) is 1.22. The van der Waals surface area contributed by atoms with E-state index in [1.807, 2.05) is 6.92 Å². The predicted molar refractivity (Wildman–Crippen MR) is 34.4 cm³/mol. The molecule has 0 saturated heterocycles. The van der Waals surface area contributed by atoms with Crippen LogP contribution in [-0.2, 0) is 9.73 Å². The molecule has 2 nitrogen and oxygen atoms in total. The zero-order valence-corrected chi connectivity index (χ0v) is 5.83. The summed E-state index contributed by atoms with van der Waals surface area (Å²) in [7, 11) is -2.12. The van der Waals surface area contributed by atoms with Crippen LogP contribution in [0.3, 0.4) is 0 Å². The van der Waals surface area contributed by atoms with Gasteiger partial charge in [0, 0.05) is 20.7 Å². The van der Waals surface area contributed by atoms with Crippen LogP contribution in [0.25, 0.3) is 0 Å². The minimum atomic E-state index is -2.12. The van der Waals surface area contributed by atoms with E-state index >= 15 is 0 Å². The molecule has 8 heavy (non-hydrogen) atoms.